The van der Waals surface area contributed by atoms with Gasteiger partial charge in [-0.2, -0.15) is 5.10 Å². The van der Waals surface area contributed by atoms with Crippen molar-refractivity contribution in [2.75, 3.05) is 12.1 Å². The van der Waals surface area contributed by atoms with E-state index in [2.05, 4.69) is 24.3 Å². The molecular formula is C15H18ClN3O2. The summed E-state index contributed by atoms with van der Waals surface area (Å²) in [5.41, 5.74) is 4.18. The molecule has 0 bridgehead atoms. The maximum Gasteiger partial charge on any atom is 0.231 e. The third-order valence-electron chi connectivity index (χ3n) is 3.83. The highest BCUT2D eigenvalue weighted by Crippen LogP contribution is 2.40. The summed E-state index contributed by atoms with van der Waals surface area (Å²) in [6, 6.07) is 3.75. The van der Waals surface area contributed by atoms with Gasteiger partial charge in [-0.25, -0.2) is 0 Å². The fourth-order valence-electron chi connectivity index (χ4n) is 2.75. The maximum atomic E-state index is 6.31. The minimum absolute atomic E-state index is 0.0940. The third-order valence-corrected chi connectivity index (χ3v) is 4.14. The van der Waals surface area contributed by atoms with E-state index in [0.717, 1.165) is 17.1 Å². The molecule has 1 aliphatic heterocycles. The average molecular weight is 308 g/mol. The first-order chi connectivity index (χ1) is 9.97. The number of aryl methyl sites for hydroxylation is 2. The molecule has 6 heteroatoms. The predicted molar refractivity (Wildman–Crippen MR) is 82.3 cm³/mol. The van der Waals surface area contributed by atoms with Crippen molar-refractivity contribution in [2.45, 2.75) is 26.8 Å². The van der Waals surface area contributed by atoms with Crippen LogP contribution in [0.2, 0.25) is 5.02 Å². The summed E-state index contributed by atoms with van der Waals surface area (Å²) in [6.45, 7) is 6.42. The highest BCUT2D eigenvalue weighted by molar-refractivity contribution is 6.33. The van der Waals surface area contributed by atoms with E-state index in [9.17, 15) is 0 Å². The average Bonchev–Trinajstić information content (AvgIpc) is 2.95. The van der Waals surface area contributed by atoms with Gasteiger partial charge in [0.05, 0.1) is 22.4 Å². The monoisotopic (exact) mass is 307 g/mol. The van der Waals surface area contributed by atoms with Crippen molar-refractivity contribution < 1.29 is 9.47 Å². The van der Waals surface area contributed by atoms with Crippen molar-refractivity contribution in [3.8, 4) is 11.5 Å². The molecule has 1 aromatic carbocycles. The molecule has 0 saturated carbocycles. The highest BCUT2D eigenvalue weighted by Gasteiger charge is 2.20. The summed E-state index contributed by atoms with van der Waals surface area (Å²) in [7, 11) is 1.95. The zero-order chi connectivity index (χ0) is 15.1. The third kappa shape index (κ3) is 2.42. The van der Waals surface area contributed by atoms with Gasteiger partial charge in [0.15, 0.2) is 11.5 Å². The number of nitrogens with one attached hydrogen (secondary N) is 1. The summed E-state index contributed by atoms with van der Waals surface area (Å²) in [5.74, 6) is 1.40. The molecule has 1 aromatic heterocycles. The summed E-state index contributed by atoms with van der Waals surface area (Å²) >= 11 is 6.31. The van der Waals surface area contributed by atoms with Crippen molar-refractivity contribution in [3.63, 3.8) is 0 Å². The molecule has 21 heavy (non-hydrogen) atoms. The SMILES string of the molecule is Cc1nn(C)c(C)c1C(C)Nc1cc2c(cc1Cl)OCO2. The second-order valence-electron chi connectivity index (χ2n) is 5.26. The number of benzene rings is 1. The summed E-state index contributed by atoms with van der Waals surface area (Å²) < 4.78 is 12.6. The molecule has 1 aliphatic rings. The lowest BCUT2D eigenvalue weighted by Gasteiger charge is -2.17. The van der Waals surface area contributed by atoms with E-state index in [1.165, 1.54) is 5.56 Å². The van der Waals surface area contributed by atoms with Gasteiger partial charge in [-0.15, -0.1) is 0 Å². The highest BCUT2D eigenvalue weighted by atomic mass is 35.5. The number of anilines is 1. The standard InChI is InChI=1S/C15H18ClN3O2/c1-8(15-9(2)18-19(4)10(15)3)17-12-6-14-13(5-11(12)16)20-7-21-14/h5-6,8,17H,7H2,1-4H3. The number of hydrogen-bond acceptors (Lipinski definition) is 4. The first-order valence-electron chi connectivity index (χ1n) is 6.83. The van der Waals surface area contributed by atoms with Crippen molar-refractivity contribution >= 4 is 17.3 Å². The molecule has 1 atom stereocenters. The van der Waals surface area contributed by atoms with Gasteiger partial charge in [-0.05, 0) is 20.8 Å². The molecular weight excluding hydrogens is 290 g/mol. The zero-order valence-corrected chi connectivity index (χ0v) is 13.3. The lowest BCUT2D eigenvalue weighted by atomic mass is 10.1. The van der Waals surface area contributed by atoms with Gasteiger partial charge in [0.2, 0.25) is 6.79 Å². The van der Waals surface area contributed by atoms with Crippen LogP contribution in [0.1, 0.15) is 29.9 Å². The van der Waals surface area contributed by atoms with Crippen LogP contribution in [-0.4, -0.2) is 16.6 Å². The number of hydrogen-bond donors (Lipinski definition) is 1. The molecule has 0 fully saturated rings. The Morgan fingerprint density at radius 2 is 1.95 bits per heavy atom. The van der Waals surface area contributed by atoms with Gasteiger partial charge in [0, 0.05) is 30.4 Å². The molecule has 0 aliphatic carbocycles. The molecule has 0 saturated heterocycles. The predicted octanol–water partition coefficient (Wildman–Crippen LogP) is 3.59. The molecule has 0 radical (unpaired) electrons. The zero-order valence-electron chi connectivity index (χ0n) is 12.5. The smallest absolute Gasteiger partial charge is 0.231 e. The fraction of sp³-hybridized carbons (Fsp3) is 0.400. The minimum atomic E-state index is 0.0940. The van der Waals surface area contributed by atoms with E-state index in [1.54, 1.807) is 6.07 Å². The van der Waals surface area contributed by atoms with Crippen LogP contribution in [-0.2, 0) is 7.05 Å². The Labute approximate surface area is 128 Å². The van der Waals surface area contributed by atoms with Crippen molar-refractivity contribution in [1.82, 2.24) is 9.78 Å². The molecule has 0 spiro atoms. The van der Waals surface area contributed by atoms with Gasteiger partial charge in [0.1, 0.15) is 0 Å². The quantitative estimate of drug-likeness (QED) is 0.941. The van der Waals surface area contributed by atoms with E-state index in [0.29, 0.717) is 16.5 Å². The van der Waals surface area contributed by atoms with Gasteiger partial charge >= 0.3 is 0 Å². The van der Waals surface area contributed by atoms with Gasteiger partial charge in [0.25, 0.3) is 0 Å². The molecule has 2 aromatic rings. The first-order valence-corrected chi connectivity index (χ1v) is 7.21. The van der Waals surface area contributed by atoms with Crippen molar-refractivity contribution in [1.29, 1.82) is 0 Å². The second kappa shape index (κ2) is 5.15. The van der Waals surface area contributed by atoms with Crippen LogP contribution in [0.4, 0.5) is 5.69 Å². The Bertz CT molecular complexity index is 697. The largest absolute Gasteiger partial charge is 0.454 e. The maximum absolute atomic E-state index is 6.31. The Morgan fingerprint density at radius 1 is 1.29 bits per heavy atom. The molecule has 0 amide bonds. The molecule has 112 valence electrons. The lowest BCUT2D eigenvalue weighted by Crippen LogP contribution is -2.09. The number of rotatable bonds is 3. The normalized spacial score (nSPS) is 14.3. The van der Waals surface area contributed by atoms with Crippen molar-refractivity contribution in [3.05, 3.63) is 34.1 Å². The number of aromatic nitrogens is 2. The van der Waals surface area contributed by atoms with E-state index in [1.807, 2.05) is 24.7 Å². The Balaban J connectivity index is 1.90. The minimum Gasteiger partial charge on any atom is -0.454 e. The number of nitrogens with zero attached hydrogens (tertiary/aromatic N) is 2. The number of ether oxygens (including phenoxy) is 2. The van der Waals surface area contributed by atoms with Crippen molar-refractivity contribution in [2.24, 2.45) is 7.05 Å². The Morgan fingerprint density at radius 3 is 2.57 bits per heavy atom. The van der Waals surface area contributed by atoms with Crippen LogP contribution in [0, 0.1) is 13.8 Å². The lowest BCUT2D eigenvalue weighted by molar-refractivity contribution is 0.174. The van der Waals surface area contributed by atoms with E-state index >= 15 is 0 Å². The van der Waals surface area contributed by atoms with E-state index < -0.39 is 0 Å². The van der Waals surface area contributed by atoms with Crippen LogP contribution < -0.4 is 14.8 Å². The molecule has 5 nitrogen and oxygen atoms in total. The van der Waals surface area contributed by atoms with Gasteiger partial charge in [-0.3, -0.25) is 4.68 Å². The van der Waals surface area contributed by atoms with Gasteiger partial charge in [-0.1, -0.05) is 11.6 Å². The topological polar surface area (TPSA) is 48.3 Å². The molecule has 3 rings (SSSR count). The van der Waals surface area contributed by atoms with Crippen LogP contribution in [0.3, 0.4) is 0 Å². The van der Waals surface area contributed by atoms with E-state index in [-0.39, 0.29) is 12.8 Å². The molecule has 1 unspecified atom stereocenters. The van der Waals surface area contributed by atoms with Crippen LogP contribution in [0.5, 0.6) is 11.5 Å². The van der Waals surface area contributed by atoms with Crippen LogP contribution >= 0.6 is 11.6 Å². The number of fused-ring (bicyclic) bond motifs is 1. The summed E-state index contributed by atoms with van der Waals surface area (Å²) in [4.78, 5) is 0. The first kappa shape index (κ1) is 14.1. The summed E-state index contributed by atoms with van der Waals surface area (Å²) in [5, 5.41) is 8.50. The number of halogens is 1. The Kier molecular flexibility index (Phi) is 3.45. The summed E-state index contributed by atoms with van der Waals surface area (Å²) in [6.07, 6.45) is 0. The Hall–Kier alpha value is -1.88. The van der Waals surface area contributed by atoms with Gasteiger partial charge < -0.3 is 14.8 Å². The van der Waals surface area contributed by atoms with Crippen LogP contribution in [0.25, 0.3) is 0 Å². The van der Waals surface area contributed by atoms with Crippen LogP contribution in [0.15, 0.2) is 12.1 Å². The molecule has 2 heterocycles. The fourth-order valence-corrected chi connectivity index (χ4v) is 2.96. The second-order valence-corrected chi connectivity index (χ2v) is 5.67. The molecule has 1 N–H and O–H groups in total. The van der Waals surface area contributed by atoms with E-state index in [4.69, 9.17) is 21.1 Å².